The van der Waals surface area contributed by atoms with Crippen molar-refractivity contribution in [3.63, 3.8) is 0 Å². The Morgan fingerprint density at radius 2 is 1.70 bits per heavy atom. The number of imide groups is 1. The van der Waals surface area contributed by atoms with Crippen LogP contribution >= 0.6 is 0 Å². The van der Waals surface area contributed by atoms with Crippen molar-refractivity contribution >= 4 is 28.6 Å². The van der Waals surface area contributed by atoms with Crippen LogP contribution in [0.2, 0.25) is 0 Å². The zero-order valence-electron chi connectivity index (χ0n) is 12.6. The molecule has 2 aliphatic rings. The zero-order chi connectivity index (χ0) is 16.1. The fourth-order valence-electron chi connectivity index (χ4n) is 3.19. The summed E-state index contributed by atoms with van der Waals surface area (Å²) in [6.45, 7) is 1.56. The Hall–Kier alpha value is -2.76. The van der Waals surface area contributed by atoms with Crippen molar-refractivity contribution in [3.8, 4) is 0 Å². The summed E-state index contributed by atoms with van der Waals surface area (Å²) in [5, 5.41) is 0. The van der Waals surface area contributed by atoms with E-state index in [9.17, 15) is 14.4 Å². The Labute approximate surface area is 131 Å². The molecular formula is C17H14N2O4. The van der Waals surface area contributed by atoms with E-state index in [4.69, 9.17) is 4.42 Å². The van der Waals surface area contributed by atoms with Crippen LogP contribution in [-0.2, 0) is 9.59 Å². The lowest BCUT2D eigenvalue weighted by atomic mass is 9.93. The number of carbonyl (C=O) groups excluding carboxylic acids is 2. The molecule has 0 atom stereocenters. The van der Waals surface area contributed by atoms with Crippen molar-refractivity contribution in [3.05, 3.63) is 45.5 Å². The Morgan fingerprint density at radius 3 is 2.35 bits per heavy atom. The number of fused-ring (bicyclic) bond motifs is 1. The largest absolute Gasteiger partial charge is 0.420 e. The molecule has 0 spiro atoms. The quantitative estimate of drug-likeness (QED) is 0.755. The Morgan fingerprint density at radius 1 is 1.04 bits per heavy atom. The van der Waals surface area contributed by atoms with Crippen LogP contribution in [0.25, 0.3) is 11.1 Å². The van der Waals surface area contributed by atoms with Crippen LogP contribution in [0.4, 0.5) is 5.69 Å². The number of rotatable bonds is 1. The zero-order valence-corrected chi connectivity index (χ0v) is 12.6. The van der Waals surface area contributed by atoms with Crippen molar-refractivity contribution in [1.82, 2.24) is 4.98 Å². The molecule has 0 radical (unpaired) electrons. The van der Waals surface area contributed by atoms with Gasteiger partial charge in [-0.15, -0.1) is 0 Å². The maximum atomic E-state index is 12.6. The molecule has 1 aromatic carbocycles. The fourth-order valence-corrected chi connectivity index (χ4v) is 3.19. The maximum absolute atomic E-state index is 12.6. The number of aryl methyl sites for hydroxylation is 1. The van der Waals surface area contributed by atoms with Crippen LogP contribution in [0.15, 0.2) is 38.6 Å². The van der Waals surface area contributed by atoms with E-state index in [0.717, 1.165) is 12.8 Å². The molecule has 6 heteroatoms. The maximum Gasteiger partial charge on any atom is 0.357 e. The van der Waals surface area contributed by atoms with E-state index in [-0.39, 0.29) is 17.5 Å². The van der Waals surface area contributed by atoms with Crippen molar-refractivity contribution in [2.24, 2.45) is 0 Å². The molecule has 2 amide bonds. The van der Waals surface area contributed by atoms with E-state index in [2.05, 4.69) is 4.98 Å². The van der Waals surface area contributed by atoms with Gasteiger partial charge >= 0.3 is 5.63 Å². The molecule has 6 nitrogen and oxygen atoms in total. The molecular weight excluding hydrogens is 296 g/mol. The summed E-state index contributed by atoms with van der Waals surface area (Å²) in [4.78, 5) is 42.0. The van der Waals surface area contributed by atoms with Crippen molar-refractivity contribution in [2.45, 2.75) is 32.6 Å². The number of hydrogen-bond acceptors (Lipinski definition) is 5. The lowest BCUT2D eigenvalue weighted by molar-refractivity contribution is -0.120. The third-order valence-corrected chi connectivity index (χ3v) is 4.38. The van der Waals surface area contributed by atoms with E-state index in [0.29, 0.717) is 40.8 Å². The van der Waals surface area contributed by atoms with Gasteiger partial charge in [0, 0.05) is 11.1 Å². The number of benzene rings is 1. The summed E-state index contributed by atoms with van der Waals surface area (Å²) in [6.07, 6.45) is 3.21. The molecule has 0 bridgehead atoms. The third-order valence-electron chi connectivity index (χ3n) is 4.38. The minimum absolute atomic E-state index is 0.238. The summed E-state index contributed by atoms with van der Waals surface area (Å²) < 4.78 is 5.14. The molecule has 2 aromatic rings. The number of nitrogens with zero attached hydrogens (tertiary/aromatic N) is 2. The minimum Gasteiger partial charge on any atom is -0.420 e. The number of carbonyl (C=O) groups is 2. The van der Waals surface area contributed by atoms with Gasteiger partial charge in [0.15, 0.2) is 5.58 Å². The highest BCUT2D eigenvalue weighted by atomic mass is 16.4. The first-order chi connectivity index (χ1) is 11.1. The van der Waals surface area contributed by atoms with Crippen LogP contribution in [0.1, 0.15) is 31.4 Å². The number of amides is 2. The van der Waals surface area contributed by atoms with Crippen LogP contribution < -0.4 is 10.5 Å². The molecule has 23 heavy (non-hydrogen) atoms. The van der Waals surface area contributed by atoms with Gasteiger partial charge in [-0.25, -0.2) is 14.7 Å². The molecule has 4 rings (SSSR count). The smallest absolute Gasteiger partial charge is 0.357 e. The van der Waals surface area contributed by atoms with E-state index in [1.807, 2.05) is 0 Å². The van der Waals surface area contributed by atoms with Crippen molar-refractivity contribution < 1.29 is 14.0 Å². The van der Waals surface area contributed by atoms with Gasteiger partial charge in [-0.2, -0.15) is 0 Å². The summed E-state index contributed by atoms with van der Waals surface area (Å²) in [5.41, 5.74) is 2.28. The van der Waals surface area contributed by atoms with Gasteiger partial charge in [0.25, 0.3) is 11.8 Å². The number of aromatic nitrogens is 1. The topological polar surface area (TPSA) is 80.5 Å². The average Bonchev–Trinajstić information content (AvgIpc) is 2.80. The first kappa shape index (κ1) is 13.9. The highest BCUT2D eigenvalue weighted by molar-refractivity contribution is 6.33. The van der Waals surface area contributed by atoms with E-state index in [1.165, 1.54) is 4.90 Å². The SMILES string of the molecule is Cc1nc2cc(N3C(=O)C4=C(CCCC4)C3=O)ccc2oc1=O. The molecule has 0 saturated carbocycles. The lowest BCUT2D eigenvalue weighted by Crippen LogP contribution is -2.31. The van der Waals surface area contributed by atoms with Crippen LogP contribution in [0.3, 0.4) is 0 Å². The van der Waals surface area contributed by atoms with Crippen LogP contribution in [0.5, 0.6) is 0 Å². The Balaban J connectivity index is 1.81. The number of anilines is 1. The van der Waals surface area contributed by atoms with E-state index in [1.54, 1.807) is 25.1 Å². The summed E-state index contributed by atoms with van der Waals surface area (Å²) >= 11 is 0. The highest BCUT2D eigenvalue weighted by Crippen LogP contribution is 2.36. The van der Waals surface area contributed by atoms with Crippen molar-refractivity contribution in [1.29, 1.82) is 0 Å². The molecule has 0 fully saturated rings. The van der Waals surface area contributed by atoms with Gasteiger partial charge < -0.3 is 4.42 Å². The van der Waals surface area contributed by atoms with Gasteiger partial charge in [0.2, 0.25) is 0 Å². The van der Waals surface area contributed by atoms with E-state index >= 15 is 0 Å². The lowest BCUT2D eigenvalue weighted by Gasteiger charge is -2.15. The molecule has 0 N–H and O–H groups in total. The second-order valence-electron chi connectivity index (χ2n) is 5.85. The van der Waals surface area contributed by atoms with Gasteiger partial charge in [-0.3, -0.25) is 9.59 Å². The molecule has 2 heterocycles. The van der Waals surface area contributed by atoms with E-state index < -0.39 is 5.63 Å². The summed E-state index contributed by atoms with van der Waals surface area (Å²) in [7, 11) is 0. The molecule has 1 aliphatic carbocycles. The van der Waals surface area contributed by atoms with Crippen molar-refractivity contribution in [2.75, 3.05) is 4.90 Å². The molecule has 0 unspecified atom stereocenters. The monoisotopic (exact) mass is 310 g/mol. The number of hydrogen-bond donors (Lipinski definition) is 0. The molecule has 1 aromatic heterocycles. The van der Waals surface area contributed by atoms with Crippen LogP contribution in [0, 0.1) is 6.92 Å². The molecule has 0 saturated heterocycles. The first-order valence-electron chi connectivity index (χ1n) is 7.58. The average molecular weight is 310 g/mol. The fraction of sp³-hybridized carbons (Fsp3) is 0.294. The Bertz CT molecular complexity index is 927. The summed E-state index contributed by atoms with van der Waals surface area (Å²) in [5.74, 6) is -0.476. The van der Waals surface area contributed by atoms with Gasteiger partial charge in [-0.1, -0.05) is 0 Å². The van der Waals surface area contributed by atoms with Gasteiger partial charge in [-0.05, 0) is 50.8 Å². The predicted octanol–water partition coefficient (Wildman–Crippen LogP) is 2.24. The van der Waals surface area contributed by atoms with Gasteiger partial charge in [0.1, 0.15) is 11.2 Å². The van der Waals surface area contributed by atoms with Gasteiger partial charge in [0.05, 0.1) is 5.69 Å². The second kappa shape index (κ2) is 4.87. The third kappa shape index (κ3) is 2.02. The first-order valence-corrected chi connectivity index (χ1v) is 7.58. The predicted molar refractivity (Wildman–Crippen MR) is 83.0 cm³/mol. The molecule has 116 valence electrons. The molecule has 1 aliphatic heterocycles. The summed E-state index contributed by atoms with van der Waals surface area (Å²) in [6, 6.07) is 4.78. The standard InChI is InChI=1S/C17H14N2O4/c1-9-17(22)23-14-7-6-10(8-13(14)18-9)19-15(20)11-4-2-3-5-12(11)16(19)21/h6-8H,2-5H2,1H3. The van der Waals surface area contributed by atoms with Crippen LogP contribution in [-0.4, -0.2) is 16.8 Å². The normalized spacial score (nSPS) is 18.0. The Kier molecular flexibility index (Phi) is 2.94. The highest BCUT2D eigenvalue weighted by Gasteiger charge is 2.39. The minimum atomic E-state index is -0.490. The second-order valence-corrected chi connectivity index (χ2v) is 5.85.